The van der Waals surface area contributed by atoms with Crippen LogP contribution in [0.1, 0.15) is 53.0 Å². The Labute approximate surface area is 183 Å². The standard InChI is InChI=1S/C16H28N4O4S.C3H7NO/c1-8-10(2)12(17-14(22)24-16(3,4)5)13-18-19-15(23-13)25-9-11(21)20(6)7;1-4(2)3-5/h10,12H,8-9H2,1-7H3,(H,17,22);3H,1-2H3. The van der Waals surface area contributed by atoms with Crippen LogP contribution in [0.3, 0.4) is 0 Å². The number of nitrogens with zero attached hydrogens (tertiary/aromatic N) is 4. The third-order valence-corrected chi connectivity index (χ3v) is 4.41. The van der Waals surface area contributed by atoms with Gasteiger partial charge in [0.05, 0.1) is 5.75 Å². The summed E-state index contributed by atoms with van der Waals surface area (Å²) in [7, 11) is 6.75. The molecule has 2 atom stereocenters. The molecule has 0 fully saturated rings. The lowest BCUT2D eigenvalue weighted by molar-refractivity contribution is -0.125. The van der Waals surface area contributed by atoms with Crippen molar-refractivity contribution in [1.29, 1.82) is 0 Å². The van der Waals surface area contributed by atoms with Crippen LogP contribution in [-0.2, 0) is 14.3 Å². The second-order valence-corrected chi connectivity index (χ2v) is 8.99. The van der Waals surface area contributed by atoms with Gasteiger partial charge in [-0.05, 0) is 26.7 Å². The number of carbonyl (C=O) groups excluding carboxylic acids is 3. The predicted octanol–water partition coefficient (Wildman–Crippen LogP) is 2.57. The monoisotopic (exact) mass is 445 g/mol. The number of hydrogen-bond donors (Lipinski definition) is 1. The van der Waals surface area contributed by atoms with E-state index in [4.69, 9.17) is 9.15 Å². The minimum Gasteiger partial charge on any atom is -0.444 e. The summed E-state index contributed by atoms with van der Waals surface area (Å²) in [4.78, 5) is 36.1. The van der Waals surface area contributed by atoms with Crippen molar-refractivity contribution in [2.45, 2.75) is 57.9 Å². The normalized spacial score (nSPS) is 12.7. The molecule has 1 aromatic rings. The minimum atomic E-state index is -0.591. The highest BCUT2D eigenvalue weighted by Crippen LogP contribution is 2.26. The number of thioether (sulfide) groups is 1. The van der Waals surface area contributed by atoms with Crippen LogP contribution in [0, 0.1) is 5.92 Å². The van der Waals surface area contributed by atoms with E-state index < -0.39 is 17.7 Å². The molecule has 0 saturated heterocycles. The summed E-state index contributed by atoms with van der Waals surface area (Å²) in [6.45, 7) is 9.39. The summed E-state index contributed by atoms with van der Waals surface area (Å²) in [5.41, 5.74) is -0.591. The van der Waals surface area contributed by atoms with Crippen LogP contribution >= 0.6 is 11.8 Å². The van der Waals surface area contributed by atoms with Crippen LogP contribution < -0.4 is 5.32 Å². The third kappa shape index (κ3) is 11.6. The Balaban J connectivity index is 0.00000150. The Hall–Kier alpha value is -2.30. The molecule has 1 aromatic heterocycles. The maximum Gasteiger partial charge on any atom is 0.408 e. The van der Waals surface area contributed by atoms with Gasteiger partial charge in [-0.15, -0.1) is 10.2 Å². The van der Waals surface area contributed by atoms with Gasteiger partial charge in [-0.2, -0.15) is 0 Å². The second-order valence-electron chi connectivity index (χ2n) is 8.06. The van der Waals surface area contributed by atoms with E-state index in [-0.39, 0.29) is 17.6 Å². The molecule has 0 aliphatic rings. The Morgan fingerprint density at radius 2 is 1.80 bits per heavy atom. The van der Waals surface area contributed by atoms with Crippen LogP contribution in [0.25, 0.3) is 0 Å². The first-order chi connectivity index (χ1) is 13.8. The van der Waals surface area contributed by atoms with Crippen molar-refractivity contribution < 1.29 is 23.5 Å². The summed E-state index contributed by atoms with van der Waals surface area (Å²) in [5.74, 6) is 0.548. The lowest BCUT2D eigenvalue weighted by Gasteiger charge is -2.24. The molecule has 0 aliphatic heterocycles. The van der Waals surface area contributed by atoms with E-state index in [1.54, 1.807) is 49.0 Å². The van der Waals surface area contributed by atoms with E-state index in [0.29, 0.717) is 11.1 Å². The first kappa shape index (κ1) is 27.7. The molecule has 0 aromatic carbocycles. The van der Waals surface area contributed by atoms with E-state index in [1.165, 1.54) is 21.6 Å². The number of nitrogens with one attached hydrogen (secondary N) is 1. The van der Waals surface area contributed by atoms with Gasteiger partial charge in [-0.1, -0.05) is 32.0 Å². The quantitative estimate of drug-likeness (QED) is 0.479. The van der Waals surface area contributed by atoms with Gasteiger partial charge >= 0.3 is 6.09 Å². The summed E-state index contributed by atoms with van der Waals surface area (Å²) in [6, 6.07) is -0.453. The SMILES string of the molecule is CCC(C)C(NC(=O)OC(C)(C)C)c1nnc(SCC(=O)N(C)C)o1.CN(C)C=O. The molecule has 0 spiro atoms. The molecule has 10 nitrogen and oxygen atoms in total. The van der Waals surface area contributed by atoms with E-state index in [1.807, 2.05) is 13.8 Å². The molecule has 0 saturated carbocycles. The molecule has 3 amide bonds. The first-order valence-electron chi connectivity index (χ1n) is 9.58. The lowest BCUT2D eigenvalue weighted by atomic mass is 9.99. The highest BCUT2D eigenvalue weighted by molar-refractivity contribution is 7.99. The number of rotatable bonds is 8. The van der Waals surface area contributed by atoms with Crippen molar-refractivity contribution in [3.05, 3.63) is 5.89 Å². The lowest BCUT2D eigenvalue weighted by Crippen LogP contribution is -2.37. The van der Waals surface area contributed by atoms with Crippen LogP contribution in [-0.4, -0.2) is 78.0 Å². The average molecular weight is 446 g/mol. The molecule has 1 N–H and O–H groups in total. The molecule has 2 unspecified atom stereocenters. The molecule has 1 rings (SSSR count). The van der Waals surface area contributed by atoms with E-state index in [2.05, 4.69) is 15.5 Å². The topological polar surface area (TPSA) is 118 Å². The number of alkyl carbamates (subject to hydrolysis) is 1. The van der Waals surface area contributed by atoms with Gasteiger partial charge in [0.1, 0.15) is 11.6 Å². The van der Waals surface area contributed by atoms with E-state index in [9.17, 15) is 14.4 Å². The van der Waals surface area contributed by atoms with Crippen LogP contribution in [0.15, 0.2) is 9.64 Å². The number of hydrogen-bond acceptors (Lipinski definition) is 8. The number of carbonyl (C=O) groups is 3. The van der Waals surface area contributed by atoms with Crippen LogP contribution in [0.2, 0.25) is 0 Å². The average Bonchev–Trinajstić information content (AvgIpc) is 3.11. The molecular weight excluding hydrogens is 410 g/mol. The highest BCUT2D eigenvalue weighted by atomic mass is 32.2. The number of ether oxygens (including phenoxy) is 1. The van der Waals surface area contributed by atoms with Gasteiger partial charge in [0.25, 0.3) is 5.22 Å². The van der Waals surface area contributed by atoms with Gasteiger partial charge in [0.2, 0.25) is 18.2 Å². The highest BCUT2D eigenvalue weighted by Gasteiger charge is 2.28. The Bertz CT molecular complexity index is 673. The van der Waals surface area contributed by atoms with Crippen molar-refractivity contribution in [2.75, 3.05) is 33.9 Å². The maximum atomic E-state index is 12.1. The molecule has 1 heterocycles. The summed E-state index contributed by atoms with van der Waals surface area (Å²) in [5, 5.41) is 11.1. The minimum absolute atomic E-state index is 0.0462. The third-order valence-electron chi connectivity index (χ3n) is 3.60. The molecule has 0 radical (unpaired) electrons. The second kappa shape index (κ2) is 13.1. The predicted molar refractivity (Wildman–Crippen MR) is 115 cm³/mol. The van der Waals surface area contributed by atoms with Gasteiger partial charge in [-0.25, -0.2) is 4.79 Å². The smallest absolute Gasteiger partial charge is 0.408 e. The summed E-state index contributed by atoms with van der Waals surface area (Å²) >= 11 is 1.17. The molecule has 11 heteroatoms. The van der Waals surface area contributed by atoms with Crippen molar-refractivity contribution in [1.82, 2.24) is 25.3 Å². The molecular formula is C19H35N5O5S. The molecule has 30 heavy (non-hydrogen) atoms. The first-order valence-corrected chi connectivity index (χ1v) is 10.6. The zero-order valence-corrected chi connectivity index (χ0v) is 20.2. The largest absolute Gasteiger partial charge is 0.444 e. The number of amides is 3. The van der Waals surface area contributed by atoms with Crippen molar-refractivity contribution in [3.8, 4) is 0 Å². The van der Waals surface area contributed by atoms with Crippen LogP contribution in [0.4, 0.5) is 4.79 Å². The zero-order chi connectivity index (χ0) is 23.5. The molecule has 0 bridgehead atoms. The summed E-state index contributed by atoms with van der Waals surface area (Å²) < 4.78 is 10.9. The molecule has 172 valence electrons. The maximum absolute atomic E-state index is 12.1. The van der Waals surface area contributed by atoms with Gasteiger partial charge in [0.15, 0.2) is 0 Å². The zero-order valence-electron chi connectivity index (χ0n) is 19.4. The van der Waals surface area contributed by atoms with Gasteiger partial charge in [0, 0.05) is 28.2 Å². The van der Waals surface area contributed by atoms with Crippen molar-refractivity contribution in [3.63, 3.8) is 0 Å². The van der Waals surface area contributed by atoms with Gasteiger partial charge < -0.3 is 24.3 Å². The number of aromatic nitrogens is 2. The Morgan fingerprint density at radius 1 is 1.23 bits per heavy atom. The van der Waals surface area contributed by atoms with E-state index >= 15 is 0 Å². The molecule has 0 aliphatic carbocycles. The van der Waals surface area contributed by atoms with Crippen molar-refractivity contribution in [2.24, 2.45) is 5.92 Å². The summed E-state index contributed by atoms with van der Waals surface area (Å²) in [6.07, 6.45) is 1.03. The van der Waals surface area contributed by atoms with Gasteiger partial charge in [-0.3, -0.25) is 9.59 Å². The van der Waals surface area contributed by atoms with Crippen LogP contribution in [0.5, 0.6) is 0 Å². The Morgan fingerprint density at radius 3 is 2.23 bits per heavy atom. The fraction of sp³-hybridized carbons (Fsp3) is 0.737. The Kier molecular flexibility index (Phi) is 12.1. The van der Waals surface area contributed by atoms with E-state index in [0.717, 1.165) is 12.8 Å². The fourth-order valence-corrected chi connectivity index (χ4v) is 2.52. The fourth-order valence-electron chi connectivity index (χ4n) is 1.77. The van der Waals surface area contributed by atoms with Crippen molar-refractivity contribution >= 4 is 30.2 Å².